The van der Waals surface area contributed by atoms with Crippen molar-refractivity contribution >= 4 is 38.1 Å². The minimum Gasteiger partial charge on any atom is -0.330 e. The number of anilines is 3. The number of aromatic nitrogens is 2. The fourth-order valence-electron chi connectivity index (χ4n) is 2.87. The van der Waals surface area contributed by atoms with E-state index in [1.165, 1.54) is 15.6 Å². The van der Waals surface area contributed by atoms with Crippen molar-refractivity contribution in [3.8, 4) is 11.3 Å². The SMILES string of the molecule is O=S(=O)(Nc1ccc(-c2csc(Nc3cccnc3)n2)cc1)N1CCCC1. The van der Waals surface area contributed by atoms with Gasteiger partial charge < -0.3 is 5.32 Å². The highest BCUT2D eigenvalue weighted by molar-refractivity contribution is 7.90. The third-order valence-electron chi connectivity index (χ3n) is 4.25. The van der Waals surface area contributed by atoms with Gasteiger partial charge in [0.05, 0.1) is 17.6 Å². The zero-order valence-corrected chi connectivity index (χ0v) is 16.1. The maximum absolute atomic E-state index is 12.3. The lowest BCUT2D eigenvalue weighted by Crippen LogP contribution is -2.33. The number of rotatable bonds is 6. The summed E-state index contributed by atoms with van der Waals surface area (Å²) >= 11 is 1.50. The largest absolute Gasteiger partial charge is 0.330 e. The zero-order valence-electron chi connectivity index (χ0n) is 14.5. The molecule has 9 heteroatoms. The van der Waals surface area contributed by atoms with Gasteiger partial charge in [0.2, 0.25) is 0 Å². The second-order valence-corrected chi connectivity index (χ2v) is 8.72. The van der Waals surface area contributed by atoms with Gasteiger partial charge >= 0.3 is 10.2 Å². The standard InChI is InChI=1S/C18H19N5O2S2/c24-27(25,23-10-1-2-11-23)22-15-7-5-14(6-8-15)17-13-26-18(21-17)20-16-4-3-9-19-12-16/h3-9,12-13,22H,1-2,10-11H2,(H,20,21). The van der Waals surface area contributed by atoms with Crippen molar-refractivity contribution in [2.45, 2.75) is 12.8 Å². The van der Waals surface area contributed by atoms with E-state index >= 15 is 0 Å². The molecule has 1 aliphatic rings. The van der Waals surface area contributed by atoms with E-state index in [0.29, 0.717) is 18.8 Å². The van der Waals surface area contributed by atoms with Crippen LogP contribution in [0.2, 0.25) is 0 Å². The summed E-state index contributed by atoms with van der Waals surface area (Å²) in [6.45, 7) is 1.16. The van der Waals surface area contributed by atoms with Crippen LogP contribution in [0.1, 0.15) is 12.8 Å². The van der Waals surface area contributed by atoms with E-state index in [1.807, 2.05) is 29.6 Å². The van der Waals surface area contributed by atoms with E-state index in [0.717, 1.165) is 34.9 Å². The summed E-state index contributed by atoms with van der Waals surface area (Å²) in [4.78, 5) is 8.64. The van der Waals surface area contributed by atoms with E-state index in [-0.39, 0.29) is 0 Å². The third kappa shape index (κ3) is 4.26. The molecule has 0 atom stereocenters. The average molecular weight is 402 g/mol. The van der Waals surface area contributed by atoms with Crippen LogP contribution in [-0.4, -0.2) is 35.8 Å². The number of hydrogen-bond acceptors (Lipinski definition) is 6. The van der Waals surface area contributed by atoms with Gasteiger partial charge in [-0.3, -0.25) is 9.71 Å². The second kappa shape index (κ2) is 7.63. The number of benzene rings is 1. The summed E-state index contributed by atoms with van der Waals surface area (Å²) in [6.07, 6.45) is 5.29. The van der Waals surface area contributed by atoms with E-state index in [1.54, 1.807) is 24.5 Å². The molecule has 3 heterocycles. The molecule has 7 nitrogen and oxygen atoms in total. The summed E-state index contributed by atoms with van der Waals surface area (Å²) in [5.74, 6) is 0. The monoisotopic (exact) mass is 401 g/mol. The first-order valence-electron chi connectivity index (χ1n) is 8.61. The lowest BCUT2D eigenvalue weighted by atomic mass is 10.1. The van der Waals surface area contributed by atoms with Crippen molar-refractivity contribution in [3.63, 3.8) is 0 Å². The molecule has 1 aliphatic heterocycles. The van der Waals surface area contributed by atoms with Crippen molar-refractivity contribution in [3.05, 3.63) is 54.2 Å². The van der Waals surface area contributed by atoms with Gasteiger partial charge in [0.1, 0.15) is 0 Å². The van der Waals surface area contributed by atoms with Gasteiger partial charge in [-0.1, -0.05) is 12.1 Å². The molecule has 1 aromatic carbocycles. The van der Waals surface area contributed by atoms with E-state index in [9.17, 15) is 8.42 Å². The average Bonchev–Trinajstić information content (AvgIpc) is 3.35. The van der Waals surface area contributed by atoms with E-state index < -0.39 is 10.2 Å². The van der Waals surface area contributed by atoms with Crippen LogP contribution in [0.4, 0.5) is 16.5 Å². The number of nitrogens with one attached hydrogen (secondary N) is 2. The Morgan fingerprint density at radius 2 is 1.81 bits per heavy atom. The van der Waals surface area contributed by atoms with Crippen LogP contribution in [0.3, 0.4) is 0 Å². The van der Waals surface area contributed by atoms with Crippen LogP contribution >= 0.6 is 11.3 Å². The Bertz CT molecular complexity index is 998. The van der Waals surface area contributed by atoms with Crippen molar-refractivity contribution in [2.24, 2.45) is 0 Å². The van der Waals surface area contributed by atoms with Crippen LogP contribution in [-0.2, 0) is 10.2 Å². The maximum atomic E-state index is 12.3. The first-order valence-corrected chi connectivity index (χ1v) is 10.9. The lowest BCUT2D eigenvalue weighted by Gasteiger charge is -2.16. The molecular weight excluding hydrogens is 382 g/mol. The predicted molar refractivity (Wildman–Crippen MR) is 108 cm³/mol. The molecule has 2 N–H and O–H groups in total. The molecule has 2 aromatic heterocycles. The Kier molecular flexibility index (Phi) is 5.06. The molecule has 0 radical (unpaired) electrons. The molecule has 140 valence electrons. The minimum absolute atomic E-state index is 0.551. The summed E-state index contributed by atoms with van der Waals surface area (Å²) in [5.41, 5.74) is 3.19. The fourth-order valence-corrected chi connectivity index (χ4v) is 4.92. The van der Waals surface area contributed by atoms with Gasteiger partial charge in [0.15, 0.2) is 5.13 Å². The summed E-state index contributed by atoms with van der Waals surface area (Å²) in [7, 11) is -3.47. The highest BCUT2D eigenvalue weighted by Crippen LogP contribution is 2.28. The molecule has 4 rings (SSSR count). The molecule has 0 spiro atoms. The van der Waals surface area contributed by atoms with E-state index in [2.05, 4.69) is 20.0 Å². The van der Waals surface area contributed by atoms with Crippen molar-refractivity contribution in [2.75, 3.05) is 23.1 Å². The van der Waals surface area contributed by atoms with Gasteiger partial charge in [0, 0.05) is 35.9 Å². The fraction of sp³-hybridized carbons (Fsp3) is 0.222. The first-order chi connectivity index (χ1) is 13.1. The minimum atomic E-state index is -3.47. The molecule has 3 aromatic rings. The molecule has 0 aliphatic carbocycles. The molecule has 1 saturated heterocycles. The van der Waals surface area contributed by atoms with Gasteiger partial charge in [-0.25, -0.2) is 4.98 Å². The predicted octanol–water partition coefficient (Wildman–Crippen LogP) is 3.70. The first kappa shape index (κ1) is 17.9. The molecule has 27 heavy (non-hydrogen) atoms. The maximum Gasteiger partial charge on any atom is 0.301 e. The van der Waals surface area contributed by atoms with E-state index in [4.69, 9.17) is 0 Å². The molecule has 0 bridgehead atoms. The van der Waals surface area contributed by atoms with Crippen molar-refractivity contribution in [1.82, 2.24) is 14.3 Å². The van der Waals surface area contributed by atoms with Gasteiger partial charge in [-0.05, 0) is 37.1 Å². The smallest absolute Gasteiger partial charge is 0.301 e. The highest BCUT2D eigenvalue weighted by atomic mass is 32.2. The topological polar surface area (TPSA) is 87.2 Å². The second-order valence-electron chi connectivity index (χ2n) is 6.20. The molecule has 0 amide bonds. The highest BCUT2D eigenvalue weighted by Gasteiger charge is 2.24. The van der Waals surface area contributed by atoms with Crippen molar-refractivity contribution < 1.29 is 8.42 Å². The molecule has 0 saturated carbocycles. The normalized spacial score (nSPS) is 15.0. The summed E-state index contributed by atoms with van der Waals surface area (Å²) < 4.78 is 28.8. The Labute approximate surface area is 162 Å². The van der Waals surface area contributed by atoms with Crippen LogP contribution in [0.5, 0.6) is 0 Å². The quantitative estimate of drug-likeness (QED) is 0.658. The Morgan fingerprint density at radius 3 is 2.52 bits per heavy atom. The van der Waals surface area contributed by atoms with Crippen LogP contribution in [0, 0.1) is 0 Å². The van der Waals surface area contributed by atoms with Crippen LogP contribution < -0.4 is 10.0 Å². The lowest BCUT2D eigenvalue weighted by molar-refractivity contribution is 0.482. The zero-order chi connectivity index (χ0) is 18.7. The Morgan fingerprint density at radius 1 is 1.04 bits per heavy atom. The van der Waals surface area contributed by atoms with Gasteiger partial charge in [-0.2, -0.15) is 12.7 Å². The van der Waals surface area contributed by atoms with Crippen molar-refractivity contribution in [1.29, 1.82) is 0 Å². The number of thiazole rings is 1. The van der Waals surface area contributed by atoms with Gasteiger partial charge in [0.25, 0.3) is 0 Å². The van der Waals surface area contributed by atoms with Crippen LogP contribution in [0.15, 0.2) is 54.2 Å². The molecular formula is C18H19N5O2S2. The summed E-state index contributed by atoms with van der Waals surface area (Å²) in [6, 6.07) is 11.0. The molecule has 0 unspecified atom stereocenters. The summed E-state index contributed by atoms with van der Waals surface area (Å²) in [5, 5.41) is 5.95. The van der Waals surface area contributed by atoms with Crippen LogP contribution in [0.25, 0.3) is 11.3 Å². The Balaban J connectivity index is 1.45. The number of pyridine rings is 1. The third-order valence-corrected chi connectivity index (χ3v) is 6.55. The van der Waals surface area contributed by atoms with Gasteiger partial charge in [-0.15, -0.1) is 11.3 Å². The number of hydrogen-bond donors (Lipinski definition) is 2. The number of nitrogens with zero attached hydrogens (tertiary/aromatic N) is 3. The molecule has 1 fully saturated rings. The Hall–Kier alpha value is -2.49.